The first-order chi connectivity index (χ1) is 12.4. The lowest BCUT2D eigenvalue weighted by atomic mass is 10.3. The Morgan fingerprint density at radius 1 is 1.19 bits per heavy atom. The van der Waals surface area contributed by atoms with Gasteiger partial charge in [-0.1, -0.05) is 0 Å². The Balaban J connectivity index is 2.56. The van der Waals surface area contributed by atoms with E-state index in [2.05, 4.69) is 9.46 Å². The number of nitrogens with one attached hydrogen (secondary N) is 1. The molecule has 152 valence electrons. The Hall–Kier alpha value is -2.34. The maximum atomic E-state index is 12.1. The zero-order valence-electron chi connectivity index (χ0n) is 14.6. The Kier molecular flexibility index (Phi) is 8.03. The Morgan fingerprint density at radius 2 is 1.78 bits per heavy atom. The molecule has 1 aromatic carbocycles. The molecule has 0 spiro atoms. The highest BCUT2D eigenvalue weighted by Crippen LogP contribution is 2.23. The minimum absolute atomic E-state index is 0.174. The SMILES string of the molecule is CCOC(=O)CN(C)C(=O)CCNS(=O)(=O)c1ccc(OC(F)(F)F)cc1. The third-order valence-corrected chi connectivity index (χ3v) is 4.57. The maximum Gasteiger partial charge on any atom is 0.573 e. The molecule has 0 heterocycles. The molecule has 0 atom stereocenters. The van der Waals surface area contributed by atoms with Gasteiger partial charge in [-0.2, -0.15) is 0 Å². The van der Waals surface area contributed by atoms with Crippen molar-refractivity contribution in [2.24, 2.45) is 0 Å². The smallest absolute Gasteiger partial charge is 0.465 e. The number of rotatable bonds is 9. The topological polar surface area (TPSA) is 102 Å². The van der Waals surface area contributed by atoms with Gasteiger partial charge in [-0.25, -0.2) is 13.1 Å². The van der Waals surface area contributed by atoms with E-state index in [0.717, 1.165) is 29.2 Å². The lowest BCUT2D eigenvalue weighted by Crippen LogP contribution is -2.35. The number of likely N-dealkylation sites (N-methyl/N-ethyl adjacent to an activating group) is 1. The molecular formula is C15H19F3N2O6S. The van der Waals surface area contributed by atoms with E-state index in [0.29, 0.717) is 0 Å². The fourth-order valence-corrected chi connectivity index (χ4v) is 2.91. The number of alkyl halides is 3. The second-order valence-electron chi connectivity index (χ2n) is 5.22. The van der Waals surface area contributed by atoms with Crippen LogP contribution in [0.3, 0.4) is 0 Å². The predicted molar refractivity (Wildman–Crippen MR) is 87.2 cm³/mol. The molecule has 1 N–H and O–H groups in total. The van der Waals surface area contributed by atoms with Crippen molar-refractivity contribution in [1.82, 2.24) is 9.62 Å². The number of carbonyl (C=O) groups excluding carboxylic acids is 2. The number of ether oxygens (including phenoxy) is 2. The number of halogens is 3. The van der Waals surface area contributed by atoms with E-state index in [9.17, 15) is 31.2 Å². The molecule has 12 heteroatoms. The molecule has 0 radical (unpaired) electrons. The van der Waals surface area contributed by atoms with Crippen LogP contribution in [0.4, 0.5) is 13.2 Å². The summed E-state index contributed by atoms with van der Waals surface area (Å²) in [6.45, 7) is 1.28. The van der Waals surface area contributed by atoms with Crippen molar-refractivity contribution in [3.05, 3.63) is 24.3 Å². The summed E-state index contributed by atoms with van der Waals surface area (Å²) in [5.41, 5.74) is 0. The normalized spacial score (nSPS) is 11.7. The van der Waals surface area contributed by atoms with Crippen LogP contribution in [-0.2, 0) is 24.3 Å². The number of hydrogen-bond donors (Lipinski definition) is 1. The first kappa shape index (κ1) is 22.7. The summed E-state index contributed by atoms with van der Waals surface area (Å²) in [6.07, 6.45) is -5.10. The van der Waals surface area contributed by atoms with Gasteiger partial charge >= 0.3 is 12.3 Å². The van der Waals surface area contributed by atoms with Crippen molar-refractivity contribution in [1.29, 1.82) is 0 Å². The first-order valence-electron chi connectivity index (χ1n) is 7.69. The molecule has 0 saturated heterocycles. The molecule has 0 bridgehead atoms. The molecular weight excluding hydrogens is 393 g/mol. The summed E-state index contributed by atoms with van der Waals surface area (Å²) in [5, 5.41) is 0. The van der Waals surface area contributed by atoms with Crippen molar-refractivity contribution in [2.45, 2.75) is 24.6 Å². The van der Waals surface area contributed by atoms with Gasteiger partial charge in [0.2, 0.25) is 15.9 Å². The number of nitrogens with zero attached hydrogens (tertiary/aromatic N) is 1. The highest BCUT2D eigenvalue weighted by molar-refractivity contribution is 7.89. The number of carbonyl (C=O) groups is 2. The minimum atomic E-state index is -4.88. The highest BCUT2D eigenvalue weighted by Gasteiger charge is 2.31. The van der Waals surface area contributed by atoms with E-state index in [1.807, 2.05) is 0 Å². The molecule has 0 saturated carbocycles. The quantitative estimate of drug-likeness (QED) is 0.613. The summed E-state index contributed by atoms with van der Waals surface area (Å²) in [6, 6.07) is 3.61. The van der Waals surface area contributed by atoms with Crippen molar-refractivity contribution >= 4 is 21.9 Å². The Morgan fingerprint density at radius 3 is 2.30 bits per heavy atom. The number of amides is 1. The number of hydrogen-bond acceptors (Lipinski definition) is 6. The van der Waals surface area contributed by atoms with Crippen LogP contribution < -0.4 is 9.46 Å². The number of esters is 1. The van der Waals surface area contributed by atoms with Crippen LogP contribution >= 0.6 is 0 Å². The van der Waals surface area contributed by atoms with E-state index < -0.39 is 34.0 Å². The van der Waals surface area contributed by atoms with Crippen LogP contribution in [0.1, 0.15) is 13.3 Å². The average molecular weight is 412 g/mol. The van der Waals surface area contributed by atoms with Crippen molar-refractivity contribution in [2.75, 3.05) is 26.7 Å². The van der Waals surface area contributed by atoms with E-state index in [1.165, 1.54) is 7.05 Å². The molecule has 0 aromatic heterocycles. The number of benzene rings is 1. The average Bonchev–Trinajstić information content (AvgIpc) is 2.53. The van der Waals surface area contributed by atoms with Crippen molar-refractivity contribution in [3.8, 4) is 5.75 Å². The van der Waals surface area contributed by atoms with Crippen LogP contribution in [0.15, 0.2) is 29.2 Å². The third-order valence-electron chi connectivity index (χ3n) is 3.10. The second kappa shape index (κ2) is 9.55. The summed E-state index contributed by atoms with van der Waals surface area (Å²) in [5.74, 6) is -1.63. The van der Waals surface area contributed by atoms with Gasteiger partial charge in [0.1, 0.15) is 12.3 Å². The van der Waals surface area contributed by atoms with E-state index in [-0.39, 0.29) is 31.0 Å². The van der Waals surface area contributed by atoms with Gasteiger partial charge in [-0.05, 0) is 31.2 Å². The summed E-state index contributed by atoms with van der Waals surface area (Å²) in [4.78, 5) is 23.9. The second-order valence-corrected chi connectivity index (χ2v) is 6.99. The summed E-state index contributed by atoms with van der Waals surface area (Å²) in [7, 11) is -2.65. The summed E-state index contributed by atoms with van der Waals surface area (Å²) < 4.78 is 70.9. The van der Waals surface area contributed by atoms with Crippen LogP contribution in [0.2, 0.25) is 0 Å². The zero-order chi connectivity index (χ0) is 20.7. The molecule has 0 unspecified atom stereocenters. The monoisotopic (exact) mass is 412 g/mol. The Labute approximate surface area is 154 Å². The van der Waals surface area contributed by atoms with Crippen LogP contribution in [0, 0.1) is 0 Å². The molecule has 0 aliphatic rings. The van der Waals surface area contributed by atoms with Gasteiger partial charge in [0.15, 0.2) is 0 Å². The third kappa shape index (κ3) is 8.26. The molecule has 0 aliphatic heterocycles. The molecule has 27 heavy (non-hydrogen) atoms. The van der Waals surface area contributed by atoms with Gasteiger partial charge in [0.05, 0.1) is 11.5 Å². The van der Waals surface area contributed by atoms with Crippen molar-refractivity contribution in [3.63, 3.8) is 0 Å². The fraction of sp³-hybridized carbons (Fsp3) is 0.467. The van der Waals surface area contributed by atoms with E-state index in [4.69, 9.17) is 4.74 Å². The van der Waals surface area contributed by atoms with Crippen LogP contribution in [0.25, 0.3) is 0 Å². The van der Waals surface area contributed by atoms with E-state index in [1.54, 1.807) is 6.92 Å². The molecule has 0 fully saturated rings. The van der Waals surface area contributed by atoms with Crippen molar-refractivity contribution < 1.29 is 40.7 Å². The van der Waals surface area contributed by atoms with Gasteiger partial charge in [0.25, 0.3) is 0 Å². The number of sulfonamides is 1. The van der Waals surface area contributed by atoms with Gasteiger partial charge in [-0.3, -0.25) is 9.59 Å². The lowest BCUT2D eigenvalue weighted by Gasteiger charge is -2.16. The molecule has 1 amide bonds. The molecule has 1 rings (SSSR count). The first-order valence-corrected chi connectivity index (χ1v) is 9.18. The molecule has 1 aromatic rings. The standard InChI is InChI=1S/C15H19F3N2O6S/c1-3-25-14(22)10-20(2)13(21)8-9-19-27(23,24)12-6-4-11(5-7-12)26-15(16,17)18/h4-7,19H,3,8-10H2,1-2H3. The molecule has 0 aliphatic carbocycles. The fourth-order valence-electron chi connectivity index (χ4n) is 1.88. The predicted octanol–water partition coefficient (Wildman–Crippen LogP) is 1.28. The molecule has 8 nitrogen and oxygen atoms in total. The largest absolute Gasteiger partial charge is 0.573 e. The van der Waals surface area contributed by atoms with Gasteiger partial charge < -0.3 is 14.4 Å². The van der Waals surface area contributed by atoms with Gasteiger partial charge in [-0.15, -0.1) is 13.2 Å². The zero-order valence-corrected chi connectivity index (χ0v) is 15.4. The van der Waals surface area contributed by atoms with Crippen LogP contribution in [-0.4, -0.2) is 58.3 Å². The highest BCUT2D eigenvalue weighted by atomic mass is 32.2. The maximum absolute atomic E-state index is 12.1. The van der Waals surface area contributed by atoms with Crippen LogP contribution in [0.5, 0.6) is 5.75 Å². The Bertz CT molecular complexity index is 750. The minimum Gasteiger partial charge on any atom is -0.465 e. The van der Waals surface area contributed by atoms with E-state index >= 15 is 0 Å². The van der Waals surface area contributed by atoms with Gasteiger partial charge in [0, 0.05) is 20.0 Å². The lowest BCUT2D eigenvalue weighted by molar-refractivity contribution is -0.274. The summed E-state index contributed by atoms with van der Waals surface area (Å²) >= 11 is 0.